The van der Waals surface area contributed by atoms with Crippen LogP contribution in [0.5, 0.6) is 5.75 Å². The maximum absolute atomic E-state index is 13.3. The lowest BCUT2D eigenvalue weighted by Crippen LogP contribution is -2.39. The molecule has 1 N–H and O–H groups in total. The molecule has 2 aromatic carbocycles. The van der Waals surface area contributed by atoms with Gasteiger partial charge in [0.2, 0.25) is 5.91 Å². The molecule has 9 heteroatoms. The van der Waals surface area contributed by atoms with Crippen molar-refractivity contribution in [3.8, 4) is 5.75 Å². The van der Waals surface area contributed by atoms with Gasteiger partial charge in [-0.1, -0.05) is 11.6 Å². The van der Waals surface area contributed by atoms with Gasteiger partial charge in [0.25, 0.3) is 10.0 Å². The number of amides is 1. The molecule has 0 fully saturated rings. The molecule has 0 saturated heterocycles. The fourth-order valence-electron chi connectivity index (χ4n) is 2.71. The van der Waals surface area contributed by atoms with E-state index < -0.39 is 21.3 Å². The number of sulfonamides is 1. The average molecular weight is 413 g/mol. The van der Waals surface area contributed by atoms with Crippen molar-refractivity contribution in [2.24, 2.45) is 5.41 Å². The highest BCUT2D eigenvalue weighted by Crippen LogP contribution is 2.37. The zero-order valence-electron chi connectivity index (χ0n) is 14.9. The number of hydrogen-bond acceptors (Lipinski definition) is 4. The summed E-state index contributed by atoms with van der Waals surface area (Å²) in [4.78, 5) is 13.8. The Kier molecular flexibility index (Phi) is 4.81. The molecule has 27 heavy (non-hydrogen) atoms. The normalized spacial score (nSPS) is 16.3. The Bertz CT molecular complexity index is 1020. The number of carbonyl (C=O) groups is 1. The quantitative estimate of drug-likeness (QED) is 0.834. The largest absolute Gasteiger partial charge is 0.490 e. The second-order valence-corrected chi connectivity index (χ2v) is 8.99. The second-order valence-electron chi connectivity index (χ2n) is 6.90. The van der Waals surface area contributed by atoms with Crippen LogP contribution in [0.2, 0.25) is 5.02 Å². The van der Waals surface area contributed by atoms with Crippen LogP contribution in [0.4, 0.5) is 15.8 Å². The van der Waals surface area contributed by atoms with E-state index >= 15 is 0 Å². The topological polar surface area (TPSA) is 75.7 Å². The molecule has 0 bridgehead atoms. The average Bonchev–Trinajstić information content (AvgIpc) is 2.68. The number of rotatable bonds is 3. The number of nitrogens with one attached hydrogen (secondary N) is 1. The van der Waals surface area contributed by atoms with E-state index in [-0.39, 0.29) is 28.1 Å². The Hall–Kier alpha value is -2.32. The highest BCUT2D eigenvalue weighted by molar-refractivity contribution is 7.92. The van der Waals surface area contributed by atoms with Crippen LogP contribution in [0.15, 0.2) is 41.3 Å². The van der Waals surface area contributed by atoms with Gasteiger partial charge in [0, 0.05) is 7.05 Å². The lowest BCUT2D eigenvalue weighted by atomic mass is 9.93. The van der Waals surface area contributed by atoms with E-state index in [9.17, 15) is 17.6 Å². The minimum atomic E-state index is -3.99. The zero-order valence-corrected chi connectivity index (χ0v) is 16.5. The van der Waals surface area contributed by atoms with Crippen molar-refractivity contribution in [3.63, 3.8) is 0 Å². The second kappa shape index (κ2) is 6.69. The lowest BCUT2D eigenvalue weighted by Gasteiger charge is -2.24. The molecule has 0 saturated carbocycles. The van der Waals surface area contributed by atoms with E-state index in [1.165, 1.54) is 17.0 Å². The zero-order chi connectivity index (χ0) is 20.0. The summed E-state index contributed by atoms with van der Waals surface area (Å²) in [6.45, 7) is 3.77. The van der Waals surface area contributed by atoms with Crippen LogP contribution in [-0.4, -0.2) is 28.0 Å². The van der Waals surface area contributed by atoms with Crippen molar-refractivity contribution in [1.29, 1.82) is 0 Å². The number of nitrogens with zero attached hydrogens (tertiary/aromatic N) is 1. The predicted octanol–water partition coefficient (Wildman–Crippen LogP) is 3.66. The van der Waals surface area contributed by atoms with Crippen LogP contribution in [0, 0.1) is 11.2 Å². The predicted molar refractivity (Wildman–Crippen MR) is 101 cm³/mol. The first-order chi connectivity index (χ1) is 12.5. The summed E-state index contributed by atoms with van der Waals surface area (Å²) >= 11 is 5.67. The van der Waals surface area contributed by atoms with Crippen LogP contribution in [0.3, 0.4) is 0 Å². The van der Waals surface area contributed by atoms with Gasteiger partial charge in [0.05, 0.1) is 26.7 Å². The minimum absolute atomic E-state index is 0.147. The maximum Gasteiger partial charge on any atom is 0.261 e. The molecule has 1 amide bonds. The van der Waals surface area contributed by atoms with Crippen LogP contribution >= 0.6 is 11.6 Å². The first-order valence-electron chi connectivity index (χ1n) is 8.04. The first-order valence-corrected chi connectivity index (χ1v) is 9.90. The van der Waals surface area contributed by atoms with Gasteiger partial charge in [0.15, 0.2) is 0 Å². The number of fused-ring (bicyclic) bond motifs is 1. The highest BCUT2D eigenvalue weighted by Gasteiger charge is 2.36. The van der Waals surface area contributed by atoms with Gasteiger partial charge >= 0.3 is 0 Å². The van der Waals surface area contributed by atoms with Crippen LogP contribution in [0.25, 0.3) is 0 Å². The van der Waals surface area contributed by atoms with Gasteiger partial charge in [-0.2, -0.15) is 0 Å². The van der Waals surface area contributed by atoms with Crippen molar-refractivity contribution in [1.82, 2.24) is 0 Å². The highest BCUT2D eigenvalue weighted by atomic mass is 35.5. The standard InChI is InChI=1S/C18H18ClFN2O4S/c1-18(2)10-26-16-7-4-11(8-15(16)22(3)17(18)23)21-27(24,25)12-5-6-14(20)13(19)9-12/h4-9,21H,10H2,1-3H3. The van der Waals surface area contributed by atoms with Gasteiger partial charge in [-0.15, -0.1) is 0 Å². The number of anilines is 2. The van der Waals surface area contributed by atoms with Crippen molar-refractivity contribution in [2.45, 2.75) is 18.7 Å². The van der Waals surface area contributed by atoms with Crippen LogP contribution < -0.4 is 14.4 Å². The Balaban J connectivity index is 1.95. The van der Waals surface area contributed by atoms with E-state index in [4.69, 9.17) is 16.3 Å². The van der Waals surface area contributed by atoms with Crippen molar-refractivity contribution < 1.29 is 22.3 Å². The third kappa shape index (κ3) is 3.72. The molecule has 1 heterocycles. The number of halogens is 2. The summed E-state index contributed by atoms with van der Waals surface area (Å²) in [6, 6.07) is 7.76. The molecule has 1 aliphatic heterocycles. The Morgan fingerprint density at radius 2 is 1.93 bits per heavy atom. The van der Waals surface area contributed by atoms with Crippen molar-refractivity contribution in [2.75, 3.05) is 23.3 Å². The summed E-state index contributed by atoms with van der Waals surface area (Å²) in [7, 11) is -2.38. The third-order valence-corrected chi connectivity index (χ3v) is 5.91. The van der Waals surface area contributed by atoms with Gasteiger partial charge in [-0.3, -0.25) is 9.52 Å². The van der Waals surface area contributed by atoms with E-state index in [1.54, 1.807) is 27.0 Å². The summed E-state index contributed by atoms with van der Waals surface area (Å²) < 4.78 is 46.5. The van der Waals surface area contributed by atoms with E-state index in [2.05, 4.69) is 4.72 Å². The molecule has 6 nitrogen and oxygen atoms in total. The number of hydrogen-bond donors (Lipinski definition) is 1. The first kappa shape index (κ1) is 19.4. The van der Waals surface area contributed by atoms with Gasteiger partial charge < -0.3 is 9.64 Å². The monoisotopic (exact) mass is 412 g/mol. The SMILES string of the molecule is CN1C(=O)C(C)(C)COc2ccc(NS(=O)(=O)c3ccc(F)c(Cl)c3)cc21. The van der Waals surface area contributed by atoms with E-state index in [0.29, 0.717) is 11.4 Å². The van der Waals surface area contributed by atoms with Gasteiger partial charge in [0.1, 0.15) is 18.2 Å². The molecule has 0 spiro atoms. The van der Waals surface area contributed by atoms with Crippen LogP contribution in [-0.2, 0) is 14.8 Å². The van der Waals surface area contributed by atoms with E-state index in [1.807, 2.05) is 0 Å². The Morgan fingerprint density at radius 3 is 2.59 bits per heavy atom. The molecule has 0 radical (unpaired) electrons. The molecule has 0 aliphatic carbocycles. The molecule has 1 aliphatic rings. The third-order valence-electron chi connectivity index (χ3n) is 4.25. The fourth-order valence-corrected chi connectivity index (χ4v) is 4.03. The summed E-state index contributed by atoms with van der Waals surface area (Å²) in [6.07, 6.45) is 0. The van der Waals surface area contributed by atoms with Crippen molar-refractivity contribution in [3.05, 3.63) is 47.2 Å². The van der Waals surface area contributed by atoms with Gasteiger partial charge in [-0.05, 0) is 50.2 Å². The van der Waals surface area contributed by atoms with E-state index in [0.717, 1.165) is 18.2 Å². The molecular formula is C18H18ClFN2O4S. The lowest BCUT2D eigenvalue weighted by molar-refractivity contribution is -0.127. The number of ether oxygens (including phenoxy) is 1. The van der Waals surface area contributed by atoms with Gasteiger partial charge in [-0.25, -0.2) is 12.8 Å². The number of carbonyl (C=O) groups excluding carboxylic acids is 1. The molecule has 3 rings (SSSR count). The molecule has 0 aromatic heterocycles. The summed E-state index contributed by atoms with van der Waals surface area (Å²) in [5.41, 5.74) is -0.0294. The molecular weight excluding hydrogens is 395 g/mol. The minimum Gasteiger partial charge on any atom is -0.490 e. The van der Waals surface area contributed by atoms with Crippen molar-refractivity contribution >= 4 is 38.9 Å². The Labute approximate surface area is 161 Å². The molecule has 0 atom stereocenters. The maximum atomic E-state index is 13.3. The fraction of sp³-hybridized carbons (Fsp3) is 0.278. The molecule has 0 unspecified atom stereocenters. The molecule has 2 aromatic rings. The summed E-state index contributed by atoms with van der Waals surface area (Å²) in [5, 5.41) is -0.291. The Morgan fingerprint density at radius 1 is 1.22 bits per heavy atom. The van der Waals surface area contributed by atoms with Crippen LogP contribution in [0.1, 0.15) is 13.8 Å². The number of benzene rings is 2. The summed E-state index contributed by atoms with van der Waals surface area (Å²) in [5.74, 6) is -0.378. The smallest absolute Gasteiger partial charge is 0.261 e. The molecule has 144 valence electrons.